The van der Waals surface area contributed by atoms with Gasteiger partial charge in [0, 0.05) is 12.1 Å². The van der Waals surface area contributed by atoms with Crippen LogP contribution in [0.4, 0.5) is 0 Å². The minimum Gasteiger partial charge on any atom is -0.378 e. The first-order valence-electron chi connectivity index (χ1n) is 5.94. The number of hydrogen-bond acceptors (Lipinski definition) is 2. The second kappa shape index (κ2) is 3.49. The van der Waals surface area contributed by atoms with E-state index in [-0.39, 0.29) is 5.54 Å². The van der Waals surface area contributed by atoms with Crippen LogP contribution in [0.25, 0.3) is 0 Å². The molecule has 2 N–H and O–H groups in total. The van der Waals surface area contributed by atoms with E-state index in [2.05, 4.69) is 13.8 Å². The van der Waals surface area contributed by atoms with Gasteiger partial charge in [-0.1, -0.05) is 20.3 Å². The van der Waals surface area contributed by atoms with Crippen molar-refractivity contribution in [2.75, 3.05) is 6.61 Å². The first-order valence-corrected chi connectivity index (χ1v) is 5.94. The van der Waals surface area contributed by atoms with Gasteiger partial charge in [-0.05, 0) is 37.5 Å². The lowest BCUT2D eigenvalue weighted by molar-refractivity contribution is 0.0586. The zero-order valence-corrected chi connectivity index (χ0v) is 9.51. The highest BCUT2D eigenvalue weighted by Crippen LogP contribution is 2.47. The van der Waals surface area contributed by atoms with E-state index in [9.17, 15) is 0 Å². The van der Waals surface area contributed by atoms with E-state index in [1.807, 2.05) is 0 Å². The van der Waals surface area contributed by atoms with Gasteiger partial charge in [-0.3, -0.25) is 0 Å². The Morgan fingerprint density at radius 1 is 1.29 bits per heavy atom. The van der Waals surface area contributed by atoms with Crippen molar-refractivity contribution in [3.63, 3.8) is 0 Å². The fraction of sp³-hybridized carbons (Fsp3) is 1.00. The van der Waals surface area contributed by atoms with Crippen molar-refractivity contribution in [2.45, 2.75) is 64.0 Å². The van der Waals surface area contributed by atoms with Crippen LogP contribution >= 0.6 is 0 Å². The van der Waals surface area contributed by atoms with Crippen molar-refractivity contribution in [1.82, 2.24) is 0 Å². The molecule has 0 aromatic rings. The van der Waals surface area contributed by atoms with Crippen LogP contribution in [-0.2, 0) is 4.74 Å². The minimum atomic E-state index is 0.0298. The zero-order valence-electron chi connectivity index (χ0n) is 9.51. The van der Waals surface area contributed by atoms with E-state index in [1.165, 1.54) is 32.1 Å². The van der Waals surface area contributed by atoms with Crippen LogP contribution in [0.5, 0.6) is 0 Å². The molecule has 0 amide bonds. The molecule has 0 aromatic heterocycles. The first-order chi connectivity index (χ1) is 6.54. The SMILES string of the molecule is CC1(C)CCCC1(N)CC1CCCO1. The Morgan fingerprint density at radius 3 is 2.57 bits per heavy atom. The predicted molar refractivity (Wildman–Crippen MR) is 58.1 cm³/mol. The van der Waals surface area contributed by atoms with Crippen molar-refractivity contribution < 1.29 is 4.74 Å². The summed E-state index contributed by atoms with van der Waals surface area (Å²) in [6.07, 6.45) is 7.69. The van der Waals surface area contributed by atoms with E-state index in [4.69, 9.17) is 10.5 Å². The minimum absolute atomic E-state index is 0.0298. The molecule has 0 spiro atoms. The van der Waals surface area contributed by atoms with Gasteiger partial charge in [-0.2, -0.15) is 0 Å². The van der Waals surface area contributed by atoms with Crippen LogP contribution in [0, 0.1) is 5.41 Å². The average Bonchev–Trinajstić information content (AvgIpc) is 2.63. The highest BCUT2D eigenvalue weighted by molar-refractivity contribution is 5.03. The topological polar surface area (TPSA) is 35.2 Å². The Morgan fingerprint density at radius 2 is 2.07 bits per heavy atom. The largest absolute Gasteiger partial charge is 0.378 e. The van der Waals surface area contributed by atoms with Crippen molar-refractivity contribution >= 4 is 0 Å². The van der Waals surface area contributed by atoms with Crippen LogP contribution in [0.2, 0.25) is 0 Å². The van der Waals surface area contributed by atoms with Gasteiger partial charge >= 0.3 is 0 Å². The molecule has 1 saturated heterocycles. The Labute approximate surface area is 87.2 Å². The van der Waals surface area contributed by atoms with Gasteiger partial charge in [0.05, 0.1) is 6.10 Å². The molecule has 1 saturated carbocycles. The molecule has 1 aliphatic heterocycles. The summed E-state index contributed by atoms with van der Waals surface area (Å²) in [6.45, 7) is 5.57. The Kier molecular flexibility index (Phi) is 2.61. The van der Waals surface area contributed by atoms with E-state index in [0.29, 0.717) is 11.5 Å². The summed E-state index contributed by atoms with van der Waals surface area (Å²) in [5.41, 5.74) is 6.87. The molecule has 1 aliphatic carbocycles. The molecule has 2 atom stereocenters. The van der Waals surface area contributed by atoms with Gasteiger partial charge in [0.15, 0.2) is 0 Å². The molecule has 2 heteroatoms. The quantitative estimate of drug-likeness (QED) is 0.738. The Balaban J connectivity index is 2.00. The van der Waals surface area contributed by atoms with Crippen LogP contribution in [0.1, 0.15) is 52.4 Å². The lowest BCUT2D eigenvalue weighted by atomic mass is 9.72. The summed E-state index contributed by atoms with van der Waals surface area (Å²) in [5.74, 6) is 0. The third-order valence-electron chi connectivity index (χ3n) is 4.39. The summed E-state index contributed by atoms with van der Waals surface area (Å²) in [4.78, 5) is 0. The maximum absolute atomic E-state index is 6.54. The van der Waals surface area contributed by atoms with E-state index < -0.39 is 0 Å². The molecular formula is C12H23NO. The molecule has 82 valence electrons. The molecule has 2 nitrogen and oxygen atoms in total. The lowest BCUT2D eigenvalue weighted by Gasteiger charge is -2.39. The first kappa shape index (κ1) is 10.4. The summed E-state index contributed by atoms with van der Waals surface area (Å²) in [7, 11) is 0. The van der Waals surface area contributed by atoms with Gasteiger partial charge in [-0.25, -0.2) is 0 Å². The van der Waals surface area contributed by atoms with Crippen molar-refractivity contribution in [2.24, 2.45) is 11.1 Å². The Hall–Kier alpha value is -0.0800. The molecule has 1 heterocycles. The van der Waals surface area contributed by atoms with Gasteiger partial charge in [0.1, 0.15) is 0 Å². The van der Waals surface area contributed by atoms with Crippen molar-refractivity contribution in [1.29, 1.82) is 0 Å². The third kappa shape index (κ3) is 1.70. The monoisotopic (exact) mass is 197 g/mol. The summed E-state index contributed by atoms with van der Waals surface area (Å²) in [6, 6.07) is 0. The van der Waals surface area contributed by atoms with Crippen LogP contribution in [0.3, 0.4) is 0 Å². The average molecular weight is 197 g/mol. The highest BCUT2D eigenvalue weighted by atomic mass is 16.5. The Bertz CT molecular complexity index is 208. The molecule has 2 fully saturated rings. The molecule has 0 bridgehead atoms. The van der Waals surface area contributed by atoms with E-state index in [0.717, 1.165) is 13.0 Å². The predicted octanol–water partition coefficient (Wildman–Crippen LogP) is 2.46. The van der Waals surface area contributed by atoms with E-state index >= 15 is 0 Å². The van der Waals surface area contributed by atoms with Gasteiger partial charge in [-0.15, -0.1) is 0 Å². The van der Waals surface area contributed by atoms with Gasteiger partial charge < -0.3 is 10.5 Å². The lowest BCUT2D eigenvalue weighted by Crippen LogP contribution is -2.50. The maximum Gasteiger partial charge on any atom is 0.0593 e. The molecule has 2 rings (SSSR count). The van der Waals surface area contributed by atoms with Crippen LogP contribution < -0.4 is 5.73 Å². The zero-order chi connectivity index (χ0) is 10.2. The summed E-state index contributed by atoms with van der Waals surface area (Å²) in [5, 5.41) is 0. The number of nitrogens with two attached hydrogens (primary N) is 1. The summed E-state index contributed by atoms with van der Waals surface area (Å²) >= 11 is 0. The standard InChI is InChI=1S/C12H23NO/c1-11(2)6-4-7-12(11,13)9-10-5-3-8-14-10/h10H,3-9,13H2,1-2H3. The second-order valence-electron chi connectivity index (χ2n) is 5.73. The van der Waals surface area contributed by atoms with Gasteiger partial charge in [0.2, 0.25) is 0 Å². The highest BCUT2D eigenvalue weighted by Gasteiger charge is 2.47. The van der Waals surface area contributed by atoms with Crippen LogP contribution in [0.15, 0.2) is 0 Å². The third-order valence-corrected chi connectivity index (χ3v) is 4.39. The fourth-order valence-corrected chi connectivity index (χ4v) is 3.02. The molecular weight excluding hydrogens is 174 g/mol. The number of hydrogen-bond donors (Lipinski definition) is 1. The normalized spacial score (nSPS) is 41.8. The summed E-state index contributed by atoms with van der Waals surface area (Å²) < 4.78 is 5.69. The second-order valence-corrected chi connectivity index (χ2v) is 5.73. The molecule has 0 aromatic carbocycles. The van der Waals surface area contributed by atoms with Crippen molar-refractivity contribution in [3.05, 3.63) is 0 Å². The smallest absolute Gasteiger partial charge is 0.0593 e. The molecule has 0 radical (unpaired) electrons. The van der Waals surface area contributed by atoms with Gasteiger partial charge in [0.25, 0.3) is 0 Å². The number of rotatable bonds is 2. The van der Waals surface area contributed by atoms with Crippen molar-refractivity contribution in [3.8, 4) is 0 Å². The molecule has 2 aliphatic rings. The molecule has 14 heavy (non-hydrogen) atoms. The number of ether oxygens (including phenoxy) is 1. The molecule has 2 unspecified atom stereocenters. The van der Waals surface area contributed by atoms with E-state index in [1.54, 1.807) is 0 Å². The van der Waals surface area contributed by atoms with Crippen LogP contribution in [-0.4, -0.2) is 18.2 Å². The maximum atomic E-state index is 6.54. The fourth-order valence-electron chi connectivity index (χ4n) is 3.02.